The maximum absolute atomic E-state index is 12.3. The molecule has 0 radical (unpaired) electrons. The van der Waals surface area contributed by atoms with E-state index in [0.717, 1.165) is 32.7 Å². The Labute approximate surface area is 175 Å². The number of amides is 2. The fourth-order valence-electron chi connectivity index (χ4n) is 3.77. The van der Waals surface area contributed by atoms with Gasteiger partial charge in [-0.3, -0.25) is 9.59 Å². The Balaban J connectivity index is 1.25. The Hall–Kier alpha value is -3.66. The summed E-state index contributed by atoms with van der Waals surface area (Å²) < 4.78 is 0. The Morgan fingerprint density at radius 2 is 0.933 bits per heavy atom. The first-order chi connectivity index (χ1) is 14.7. The van der Waals surface area contributed by atoms with E-state index in [4.69, 9.17) is 0 Å². The topological polar surface area (TPSA) is 58.2 Å². The summed E-state index contributed by atoms with van der Waals surface area (Å²) in [7, 11) is 0. The maximum Gasteiger partial charge on any atom is 0.224 e. The average Bonchev–Trinajstić information content (AvgIpc) is 2.77. The van der Waals surface area contributed by atoms with Gasteiger partial charge in [-0.1, -0.05) is 84.9 Å². The highest BCUT2D eigenvalue weighted by molar-refractivity contribution is 5.91. The molecule has 0 spiro atoms. The van der Waals surface area contributed by atoms with E-state index in [2.05, 4.69) is 10.6 Å². The molecule has 150 valence electrons. The van der Waals surface area contributed by atoms with Crippen molar-refractivity contribution >= 4 is 33.4 Å². The molecule has 4 aromatic carbocycles. The predicted octanol–water partition coefficient (Wildman–Crippen LogP) is 4.01. The van der Waals surface area contributed by atoms with E-state index < -0.39 is 0 Å². The maximum atomic E-state index is 12.3. The van der Waals surface area contributed by atoms with Crippen LogP contribution in [0.5, 0.6) is 0 Å². The van der Waals surface area contributed by atoms with Gasteiger partial charge < -0.3 is 10.6 Å². The summed E-state index contributed by atoms with van der Waals surface area (Å²) in [4.78, 5) is 24.6. The minimum absolute atomic E-state index is 0.0466. The van der Waals surface area contributed by atoms with Gasteiger partial charge in [0.25, 0.3) is 0 Å². The lowest BCUT2D eigenvalue weighted by Crippen LogP contribution is -2.36. The molecular weight excluding hydrogens is 372 g/mol. The van der Waals surface area contributed by atoms with Crippen molar-refractivity contribution in [2.24, 2.45) is 0 Å². The number of carbonyl (C=O) groups excluding carboxylic acids is 2. The zero-order valence-electron chi connectivity index (χ0n) is 16.7. The number of hydrogen-bond acceptors (Lipinski definition) is 2. The predicted molar refractivity (Wildman–Crippen MR) is 121 cm³/mol. The van der Waals surface area contributed by atoms with Crippen LogP contribution in [-0.2, 0) is 22.4 Å². The van der Waals surface area contributed by atoms with Crippen molar-refractivity contribution in [3.05, 3.63) is 96.1 Å². The lowest BCUT2D eigenvalue weighted by molar-refractivity contribution is -0.122. The minimum atomic E-state index is -0.0466. The molecule has 0 aliphatic rings. The molecule has 30 heavy (non-hydrogen) atoms. The van der Waals surface area contributed by atoms with Crippen LogP contribution in [0.15, 0.2) is 84.9 Å². The largest absolute Gasteiger partial charge is 0.354 e. The molecule has 0 aliphatic heterocycles. The first kappa shape index (κ1) is 19.6. The molecule has 0 saturated carbocycles. The molecule has 4 rings (SSSR count). The Morgan fingerprint density at radius 1 is 0.533 bits per heavy atom. The SMILES string of the molecule is O=C(Cc1cccc2ccccc12)NCCNC(=O)Cc1cccc2ccccc12. The van der Waals surface area contributed by atoms with Gasteiger partial charge in [0.2, 0.25) is 11.8 Å². The van der Waals surface area contributed by atoms with Gasteiger partial charge in [0.15, 0.2) is 0 Å². The Kier molecular flexibility index (Phi) is 6.04. The van der Waals surface area contributed by atoms with Crippen LogP contribution >= 0.6 is 0 Å². The van der Waals surface area contributed by atoms with Crippen LogP contribution in [0.1, 0.15) is 11.1 Å². The summed E-state index contributed by atoms with van der Waals surface area (Å²) in [5.74, 6) is -0.0932. The molecule has 4 heteroatoms. The van der Waals surface area contributed by atoms with Crippen LogP contribution < -0.4 is 10.6 Å². The number of benzene rings is 4. The molecule has 0 saturated heterocycles. The van der Waals surface area contributed by atoms with Crippen LogP contribution in [0.2, 0.25) is 0 Å². The number of nitrogens with one attached hydrogen (secondary N) is 2. The van der Waals surface area contributed by atoms with Crippen molar-refractivity contribution in [2.75, 3.05) is 13.1 Å². The summed E-state index contributed by atoms with van der Waals surface area (Å²) in [5, 5.41) is 10.2. The van der Waals surface area contributed by atoms with Crippen LogP contribution in [0, 0.1) is 0 Å². The molecule has 2 N–H and O–H groups in total. The van der Waals surface area contributed by atoms with E-state index in [0.29, 0.717) is 25.9 Å². The molecule has 2 amide bonds. The molecule has 0 fully saturated rings. The number of hydrogen-bond donors (Lipinski definition) is 2. The van der Waals surface area contributed by atoms with Crippen LogP contribution in [0.3, 0.4) is 0 Å². The monoisotopic (exact) mass is 396 g/mol. The van der Waals surface area contributed by atoms with E-state index in [9.17, 15) is 9.59 Å². The Morgan fingerprint density at radius 3 is 1.40 bits per heavy atom. The van der Waals surface area contributed by atoms with Gasteiger partial charge in [0, 0.05) is 13.1 Å². The lowest BCUT2D eigenvalue weighted by atomic mass is 10.0. The van der Waals surface area contributed by atoms with E-state index in [1.165, 1.54) is 0 Å². The quantitative estimate of drug-likeness (QED) is 0.464. The van der Waals surface area contributed by atoms with E-state index in [-0.39, 0.29) is 11.8 Å². The number of rotatable bonds is 7. The first-order valence-electron chi connectivity index (χ1n) is 10.2. The van der Waals surface area contributed by atoms with Crippen molar-refractivity contribution in [3.8, 4) is 0 Å². The summed E-state index contributed by atoms with van der Waals surface area (Å²) in [5.41, 5.74) is 2.01. The lowest BCUT2D eigenvalue weighted by Gasteiger charge is -2.10. The zero-order chi connectivity index (χ0) is 20.8. The van der Waals surface area contributed by atoms with Gasteiger partial charge in [0.05, 0.1) is 12.8 Å². The summed E-state index contributed by atoms with van der Waals surface area (Å²) in [6.07, 6.45) is 0.649. The van der Waals surface area contributed by atoms with Gasteiger partial charge in [-0.2, -0.15) is 0 Å². The van der Waals surface area contributed by atoms with E-state index in [1.807, 2.05) is 84.9 Å². The molecule has 0 bridgehead atoms. The average molecular weight is 396 g/mol. The fraction of sp³-hybridized carbons (Fsp3) is 0.154. The third-order valence-electron chi connectivity index (χ3n) is 5.23. The molecule has 4 aromatic rings. The second kappa shape index (κ2) is 9.23. The highest BCUT2D eigenvalue weighted by Gasteiger charge is 2.08. The summed E-state index contributed by atoms with van der Waals surface area (Å²) in [6, 6.07) is 28.1. The van der Waals surface area contributed by atoms with Crippen molar-refractivity contribution < 1.29 is 9.59 Å². The summed E-state index contributed by atoms with van der Waals surface area (Å²) in [6.45, 7) is 0.815. The molecule has 0 unspecified atom stereocenters. The number of fused-ring (bicyclic) bond motifs is 2. The molecular formula is C26H24N2O2. The molecule has 0 aromatic heterocycles. The van der Waals surface area contributed by atoms with Crippen molar-refractivity contribution in [2.45, 2.75) is 12.8 Å². The molecule has 0 heterocycles. The van der Waals surface area contributed by atoms with Gasteiger partial charge in [-0.25, -0.2) is 0 Å². The first-order valence-corrected chi connectivity index (χ1v) is 10.2. The van der Waals surface area contributed by atoms with Gasteiger partial charge in [-0.05, 0) is 32.7 Å². The molecule has 0 atom stereocenters. The second-order valence-corrected chi connectivity index (χ2v) is 7.33. The highest BCUT2D eigenvalue weighted by atomic mass is 16.2. The molecule has 4 nitrogen and oxygen atoms in total. The van der Waals surface area contributed by atoms with E-state index >= 15 is 0 Å². The zero-order valence-corrected chi connectivity index (χ0v) is 16.7. The van der Waals surface area contributed by atoms with E-state index in [1.54, 1.807) is 0 Å². The van der Waals surface area contributed by atoms with Crippen molar-refractivity contribution in [1.82, 2.24) is 10.6 Å². The number of carbonyl (C=O) groups is 2. The highest BCUT2D eigenvalue weighted by Crippen LogP contribution is 2.19. The van der Waals surface area contributed by atoms with Gasteiger partial charge >= 0.3 is 0 Å². The fourth-order valence-corrected chi connectivity index (χ4v) is 3.77. The standard InChI is InChI=1S/C26H24N2O2/c29-25(17-21-11-5-9-19-7-1-3-13-23(19)21)27-15-16-28-26(30)18-22-12-6-10-20-8-2-4-14-24(20)22/h1-14H,15-18H2,(H,27,29)(H,28,30). The third-order valence-corrected chi connectivity index (χ3v) is 5.23. The Bertz CT molecular complexity index is 1090. The van der Waals surface area contributed by atoms with Crippen LogP contribution in [-0.4, -0.2) is 24.9 Å². The van der Waals surface area contributed by atoms with Crippen molar-refractivity contribution in [3.63, 3.8) is 0 Å². The van der Waals surface area contributed by atoms with Crippen LogP contribution in [0.4, 0.5) is 0 Å². The summed E-state index contributed by atoms with van der Waals surface area (Å²) >= 11 is 0. The van der Waals surface area contributed by atoms with Crippen molar-refractivity contribution in [1.29, 1.82) is 0 Å². The van der Waals surface area contributed by atoms with Gasteiger partial charge in [-0.15, -0.1) is 0 Å². The molecule has 0 aliphatic carbocycles. The third kappa shape index (κ3) is 4.66. The second-order valence-electron chi connectivity index (χ2n) is 7.33. The smallest absolute Gasteiger partial charge is 0.224 e. The van der Waals surface area contributed by atoms with Gasteiger partial charge in [0.1, 0.15) is 0 Å². The minimum Gasteiger partial charge on any atom is -0.354 e. The normalized spacial score (nSPS) is 10.8. The van der Waals surface area contributed by atoms with Crippen LogP contribution in [0.25, 0.3) is 21.5 Å².